The molecule has 2 unspecified atom stereocenters. The van der Waals surface area contributed by atoms with Crippen LogP contribution in [0.2, 0.25) is 0 Å². The fourth-order valence-corrected chi connectivity index (χ4v) is 2.85. The summed E-state index contributed by atoms with van der Waals surface area (Å²) in [5.74, 6) is -0.515. The lowest BCUT2D eigenvalue weighted by atomic mass is 9.83. The van der Waals surface area contributed by atoms with Gasteiger partial charge in [0, 0.05) is 17.5 Å². The minimum atomic E-state index is -4.01. The number of rotatable bonds is 5. The Balaban J connectivity index is 3.52. The van der Waals surface area contributed by atoms with Gasteiger partial charge < -0.3 is 5.11 Å². The summed E-state index contributed by atoms with van der Waals surface area (Å²) >= 11 is 0. The van der Waals surface area contributed by atoms with E-state index >= 15 is 0 Å². The van der Waals surface area contributed by atoms with Crippen LogP contribution in [0.25, 0.3) is 0 Å². The van der Waals surface area contributed by atoms with Gasteiger partial charge in [-0.3, -0.25) is 10.1 Å². The van der Waals surface area contributed by atoms with Crippen molar-refractivity contribution >= 4 is 15.7 Å². The van der Waals surface area contributed by atoms with E-state index in [4.69, 9.17) is 5.14 Å². The molecule has 112 valence electrons. The molecule has 0 bridgehead atoms. The first-order valence-corrected chi connectivity index (χ1v) is 7.59. The molecule has 0 aliphatic heterocycles. The molecule has 0 amide bonds. The SMILES string of the molecule is CC(C)C(c1ccc(S(N)(=O)=O)cc1[N+](=O)[O-])C(C)O. The van der Waals surface area contributed by atoms with Crippen LogP contribution in [0.3, 0.4) is 0 Å². The van der Waals surface area contributed by atoms with Crippen LogP contribution in [0, 0.1) is 16.0 Å². The third-order valence-electron chi connectivity index (χ3n) is 3.12. The Morgan fingerprint density at radius 3 is 2.20 bits per heavy atom. The molecule has 8 heteroatoms. The highest BCUT2D eigenvalue weighted by atomic mass is 32.2. The minimum absolute atomic E-state index is 0.0472. The van der Waals surface area contributed by atoms with E-state index in [1.165, 1.54) is 12.1 Å². The molecule has 0 saturated carbocycles. The quantitative estimate of drug-likeness (QED) is 0.628. The van der Waals surface area contributed by atoms with E-state index in [0.717, 1.165) is 6.07 Å². The van der Waals surface area contributed by atoms with Gasteiger partial charge in [0.05, 0.1) is 15.9 Å². The van der Waals surface area contributed by atoms with Crippen molar-refractivity contribution in [3.05, 3.63) is 33.9 Å². The second kappa shape index (κ2) is 5.86. The average molecular weight is 302 g/mol. The summed E-state index contributed by atoms with van der Waals surface area (Å²) in [4.78, 5) is 10.2. The van der Waals surface area contributed by atoms with E-state index in [1.54, 1.807) is 6.92 Å². The number of aliphatic hydroxyl groups excluding tert-OH is 1. The van der Waals surface area contributed by atoms with E-state index in [-0.39, 0.29) is 16.5 Å². The van der Waals surface area contributed by atoms with Crippen molar-refractivity contribution in [1.29, 1.82) is 0 Å². The van der Waals surface area contributed by atoms with E-state index in [0.29, 0.717) is 5.56 Å². The Kier molecular flexibility index (Phi) is 4.85. The van der Waals surface area contributed by atoms with Crippen molar-refractivity contribution in [3.63, 3.8) is 0 Å². The Bertz CT molecular complexity index is 602. The highest BCUT2D eigenvalue weighted by Crippen LogP contribution is 2.35. The molecule has 1 aromatic rings. The molecule has 1 aromatic carbocycles. The summed E-state index contributed by atoms with van der Waals surface area (Å²) in [7, 11) is -4.01. The summed E-state index contributed by atoms with van der Waals surface area (Å²) in [6.07, 6.45) is -0.797. The molecule has 0 aromatic heterocycles. The highest BCUT2D eigenvalue weighted by Gasteiger charge is 2.29. The molecule has 0 heterocycles. The Morgan fingerprint density at radius 2 is 1.85 bits per heavy atom. The normalized spacial score (nSPS) is 15.1. The van der Waals surface area contributed by atoms with Gasteiger partial charge in [0.25, 0.3) is 5.69 Å². The molecule has 0 fully saturated rings. The standard InChI is InChI=1S/C12H18N2O5S/c1-7(2)12(8(3)15)10-5-4-9(20(13,18)19)6-11(10)14(16)17/h4-8,12,15H,1-3H3,(H2,13,18,19). The van der Waals surface area contributed by atoms with Crippen molar-refractivity contribution in [1.82, 2.24) is 0 Å². The van der Waals surface area contributed by atoms with Gasteiger partial charge in [-0.25, -0.2) is 13.6 Å². The van der Waals surface area contributed by atoms with Crippen molar-refractivity contribution in [2.45, 2.75) is 37.7 Å². The maximum Gasteiger partial charge on any atom is 0.274 e. The summed E-state index contributed by atoms with van der Waals surface area (Å²) in [5.41, 5.74) is -0.0523. The smallest absolute Gasteiger partial charge is 0.274 e. The fourth-order valence-electron chi connectivity index (χ4n) is 2.32. The summed E-state index contributed by atoms with van der Waals surface area (Å²) in [5, 5.41) is 25.9. The predicted octanol–water partition coefficient (Wildman–Crippen LogP) is 1.36. The second-order valence-corrected chi connectivity index (χ2v) is 6.59. The van der Waals surface area contributed by atoms with Gasteiger partial charge in [-0.2, -0.15) is 0 Å². The number of nitro benzene ring substituents is 1. The van der Waals surface area contributed by atoms with Gasteiger partial charge >= 0.3 is 0 Å². The van der Waals surface area contributed by atoms with Gasteiger partial charge in [-0.15, -0.1) is 0 Å². The maximum atomic E-state index is 11.3. The summed E-state index contributed by atoms with van der Waals surface area (Å²) < 4.78 is 22.5. The van der Waals surface area contributed by atoms with E-state index in [9.17, 15) is 23.6 Å². The molecule has 0 radical (unpaired) electrons. The molecule has 2 atom stereocenters. The van der Waals surface area contributed by atoms with E-state index in [2.05, 4.69) is 0 Å². The first-order valence-electron chi connectivity index (χ1n) is 6.05. The molecular weight excluding hydrogens is 284 g/mol. The van der Waals surface area contributed by atoms with Crippen molar-refractivity contribution < 1.29 is 18.4 Å². The Hall–Kier alpha value is -1.51. The zero-order chi connectivity index (χ0) is 15.7. The van der Waals surface area contributed by atoms with Gasteiger partial charge in [-0.05, 0) is 18.9 Å². The Morgan fingerprint density at radius 1 is 1.30 bits per heavy atom. The number of nitrogens with zero attached hydrogens (tertiary/aromatic N) is 1. The Labute approximate surface area is 117 Å². The number of nitro groups is 1. The van der Waals surface area contributed by atoms with Crippen LogP contribution in [-0.4, -0.2) is 24.6 Å². The first kappa shape index (κ1) is 16.5. The number of hydrogen-bond donors (Lipinski definition) is 2. The molecule has 3 N–H and O–H groups in total. The predicted molar refractivity (Wildman–Crippen MR) is 73.7 cm³/mol. The second-order valence-electron chi connectivity index (χ2n) is 5.03. The van der Waals surface area contributed by atoms with Crippen LogP contribution in [-0.2, 0) is 10.0 Å². The topological polar surface area (TPSA) is 124 Å². The fraction of sp³-hybridized carbons (Fsp3) is 0.500. The van der Waals surface area contributed by atoms with Crippen LogP contribution in [0.5, 0.6) is 0 Å². The molecule has 7 nitrogen and oxygen atoms in total. The maximum absolute atomic E-state index is 11.3. The van der Waals surface area contributed by atoms with Crippen LogP contribution in [0.1, 0.15) is 32.3 Å². The molecule has 0 aliphatic rings. The lowest BCUT2D eigenvalue weighted by Gasteiger charge is -2.24. The van der Waals surface area contributed by atoms with Gasteiger partial charge in [0.1, 0.15) is 0 Å². The van der Waals surface area contributed by atoms with Crippen LogP contribution in [0.4, 0.5) is 5.69 Å². The van der Waals surface area contributed by atoms with Crippen molar-refractivity contribution in [2.75, 3.05) is 0 Å². The van der Waals surface area contributed by atoms with Crippen LogP contribution < -0.4 is 5.14 Å². The largest absolute Gasteiger partial charge is 0.393 e. The zero-order valence-corrected chi connectivity index (χ0v) is 12.3. The highest BCUT2D eigenvalue weighted by molar-refractivity contribution is 7.89. The number of benzene rings is 1. The van der Waals surface area contributed by atoms with E-state index < -0.39 is 27.0 Å². The summed E-state index contributed by atoms with van der Waals surface area (Å²) in [6, 6.07) is 3.49. The van der Waals surface area contributed by atoms with Gasteiger partial charge in [0.2, 0.25) is 10.0 Å². The molecule has 0 spiro atoms. The summed E-state index contributed by atoms with van der Waals surface area (Å²) in [6.45, 7) is 5.20. The average Bonchev–Trinajstić information content (AvgIpc) is 2.26. The third-order valence-corrected chi connectivity index (χ3v) is 4.04. The van der Waals surface area contributed by atoms with E-state index in [1.807, 2.05) is 13.8 Å². The van der Waals surface area contributed by atoms with Gasteiger partial charge in [0.15, 0.2) is 0 Å². The minimum Gasteiger partial charge on any atom is -0.393 e. The van der Waals surface area contributed by atoms with Crippen LogP contribution >= 0.6 is 0 Å². The van der Waals surface area contributed by atoms with Crippen LogP contribution in [0.15, 0.2) is 23.1 Å². The molecule has 1 rings (SSSR count). The number of hydrogen-bond acceptors (Lipinski definition) is 5. The molecule has 0 saturated heterocycles. The number of aliphatic hydroxyl groups is 1. The zero-order valence-electron chi connectivity index (χ0n) is 11.5. The molecule has 20 heavy (non-hydrogen) atoms. The van der Waals surface area contributed by atoms with Crippen molar-refractivity contribution in [2.24, 2.45) is 11.1 Å². The number of primary sulfonamides is 1. The monoisotopic (exact) mass is 302 g/mol. The lowest BCUT2D eigenvalue weighted by Crippen LogP contribution is -2.21. The molecule has 0 aliphatic carbocycles. The number of nitrogens with two attached hydrogens (primary N) is 1. The van der Waals surface area contributed by atoms with Crippen molar-refractivity contribution in [3.8, 4) is 0 Å². The van der Waals surface area contributed by atoms with Gasteiger partial charge in [-0.1, -0.05) is 19.9 Å². The first-order chi connectivity index (χ1) is 9.05. The number of sulfonamides is 1. The molecular formula is C12H18N2O5S. The third kappa shape index (κ3) is 3.53. The lowest BCUT2D eigenvalue weighted by molar-refractivity contribution is -0.386.